The normalized spacial score (nSPS) is 17.3. The van der Waals surface area contributed by atoms with Crippen LogP contribution in [0.5, 0.6) is 0 Å². The van der Waals surface area contributed by atoms with Crippen LogP contribution >= 0.6 is 0 Å². The van der Waals surface area contributed by atoms with Gasteiger partial charge in [-0.05, 0) is 55.7 Å². The van der Waals surface area contributed by atoms with Crippen LogP contribution in [0, 0.1) is 0 Å². The fourth-order valence-corrected chi connectivity index (χ4v) is 5.03. The van der Waals surface area contributed by atoms with Crippen molar-refractivity contribution in [2.24, 2.45) is 7.05 Å². The third-order valence-corrected chi connectivity index (χ3v) is 6.99. The number of carboxylic acid groups (broad SMARTS) is 1. The second-order valence-electron chi connectivity index (χ2n) is 9.11. The van der Waals surface area contributed by atoms with Crippen LogP contribution in [0.15, 0.2) is 30.6 Å². The number of rotatable bonds is 4. The van der Waals surface area contributed by atoms with E-state index in [1.54, 1.807) is 15.6 Å². The molecule has 2 saturated heterocycles. The molecule has 0 aliphatic carbocycles. The minimum Gasteiger partial charge on any atom is -0.477 e. The molecule has 2 amide bonds. The van der Waals surface area contributed by atoms with Gasteiger partial charge in [0.2, 0.25) is 0 Å². The topological polar surface area (TPSA) is 113 Å². The summed E-state index contributed by atoms with van der Waals surface area (Å²) >= 11 is 0. The molecular formula is C24H28N6O4. The van der Waals surface area contributed by atoms with E-state index in [1.165, 1.54) is 24.2 Å². The van der Waals surface area contributed by atoms with Gasteiger partial charge in [0, 0.05) is 45.5 Å². The minimum absolute atomic E-state index is 0.0118. The molecule has 0 radical (unpaired) electrons. The van der Waals surface area contributed by atoms with Crippen molar-refractivity contribution < 1.29 is 19.5 Å². The standard InChI is InChI=1S/C24H28N6O4/c1-27-21(24(33)34)14-19(26-27)23(32)29-10-5-16(6-11-29)17-7-12-30-20(13-17)18(15-25-30)22(31)28-8-3-2-4-9-28/h7,12-16H,2-6,8-11H2,1H3,(H,33,34). The first kappa shape index (κ1) is 22.1. The molecule has 5 heterocycles. The van der Waals surface area contributed by atoms with E-state index in [-0.39, 0.29) is 29.1 Å². The Labute approximate surface area is 196 Å². The number of carboxylic acids is 1. The zero-order chi connectivity index (χ0) is 23.8. The Morgan fingerprint density at radius 2 is 1.68 bits per heavy atom. The lowest BCUT2D eigenvalue weighted by Crippen LogP contribution is -2.38. The van der Waals surface area contributed by atoms with Gasteiger partial charge < -0.3 is 14.9 Å². The number of piperidine rings is 2. The Balaban J connectivity index is 1.29. The molecule has 0 spiro atoms. The summed E-state index contributed by atoms with van der Waals surface area (Å²) in [4.78, 5) is 40.8. The van der Waals surface area contributed by atoms with E-state index in [9.17, 15) is 19.5 Å². The van der Waals surface area contributed by atoms with E-state index in [4.69, 9.17) is 0 Å². The van der Waals surface area contributed by atoms with Crippen LogP contribution in [0.25, 0.3) is 5.52 Å². The minimum atomic E-state index is -1.11. The Hall–Kier alpha value is -3.69. The molecular weight excluding hydrogens is 436 g/mol. The van der Waals surface area contributed by atoms with Crippen LogP contribution in [-0.2, 0) is 7.05 Å². The summed E-state index contributed by atoms with van der Waals surface area (Å²) in [6.07, 6.45) is 8.39. The number of nitrogens with zero attached hydrogens (tertiary/aromatic N) is 6. The number of pyridine rings is 1. The van der Waals surface area contributed by atoms with Crippen molar-refractivity contribution >= 4 is 23.3 Å². The highest BCUT2D eigenvalue weighted by Gasteiger charge is 2.28. The van der Waals surface area contributed by atoms with Crippen LogP contribution in [0.1, 0.15) is 74.9 Å². The SMILES string of the molecule is Cn1nc(C(=O)N2CCC(c3ccn4ncc(C(=O)N5CCCCC5)c4c3)CC2)cc1C(=O)O. The van der Waals surface area contributed by atoms with E-state index in [0.29, 0.717) is 18.7 Å². The number of likely N-dealkylation sites (tertiary alicyclic amines) is 2. The van der Waals surface area contributed by atoms with Crippen molar-refractivity contribution in [3.63, 3.8) is 0 Å². The van der Waals surface area contributed by atoms with Crippen molar-refractivity contribution in [3.05, 3.63) is 53.1 Å². The summed E-state index contributed by atoms with van der Waals surface area (Å²) in [6.45, 7) is 2.72. The molecule has 34 heavy (non-hydrogen) atoms. The van der Waals surface area contributed by atoms with Gasteiger partial charge in [-0.15, -0.1) is 0 Å². The third kappa shape index (κ3) is 4.04. The van der Waals surface area contributed by atoms with Crippen molar-refractivity contribution in [3.8, 4) is 0 Å². The van der Waals surface area contributed by atoms with Gasteiger partial charge in [-0.2, -0.15) is 10.2 Å². The lowest BCUT2D eigenvalue weighted by molar-refractivity contribution is 0.0681. The number of carbonyl (C=O) groups excluding carboxylic acids is 2. The molecule has 3 aromatic heterocycles. The van der Waals surface area contributed by atoms with Crippen LogP contribution in [-0.4, -0.2) is 78.3 Å². The van der Waals surface area contributed by atoms with Crippen LogP contribution in [0.2, 0.25) is 0 Å². The number of aryl methyl sites for hydroxylation is 1. The average Bonchev–Trinajstić information content (AvgIpc) is 3.47. The van der Waals surface area contributed by atoms with E-state index >= 15 is 0 Å². The smallest absolute Gasteiger partial charge is 0.354 e. The Kier molecular flexibility index (Phi) is 5.80. The van der Waals surface area contributed by atoms with Gasteiger partial charge in [-0.3, -0.25) is 14.3 Å². The number of fused-ring (bicyclic) bond motifs is 1. The number of aromatic carboxylic acids is 1. The zero-order valence-corrected chi connectivity index (χ0v) is 19.2. The molecule has 0 atom stereocenters. The Morgan fingerprint density at radius 1 is 0.971 bits per heavy atom. The third-order valence-electron chi connectivity index (χ3n) is 6.99. The van der Waals surface area contributed by atoms with Crippen molar-refractivity contribution in [2.45, 2.75) is 38.0 Å². The molecule has 178 valence electrons. The fourth-order valence-electron chi connectivity index (χ4n) is 5.03. The Morgan fingerprint density at radius 3 is 2.35 bits per heavy atom. The molecule has 10 heteroatoms. The molecule has 3 aromatic rings. The molecule has 0 aromatic carbocycles. The molecule has 0 bridgehead atoms. The number of aromatic nitrogens is 4. The summed E-state index contributed by atoms with van der Waals surface area (Å²) in [6, 6.07) is 5.42. The molecule has 2 aliphatic heterocycles. The average molecular weight is 465 g/mol. The maximum absolute atomic E-state index is 13.1. The number of carbonyl (C=O) groups is 3. The van der Waals surface area contributed by atoms with Gasteiger partial charge in [0.15, 0.2) is 5.69 Å². The van der Waals surface area contributed by atoms with Gasteiger partial charge in [-0.1, -0.05) is 0 Å². The number of amides is 2. The van der Waals surface area contributed by atoms with E-state index in [2.05, 4.69) is 16.3 Å². The largest absolute Gasteiger partial charge is 0.477 e. The van der Waals surface area contributed by atoms with Gasteiger partial charge in [0.25, 0.3) is 11.8 Å². The molecule has 2 fully saturated rings. The molecule has 10 nitrogen and oxygen atoms in total. The summed E-state index contributed by atoms with van der Waals surface area (Å²) in [5, 5.41) is 17.7. The summed E-state index contributed by atoms with van der Waals surface area (Å²) < 4.78 is 2.96. The van der Waals surface area contributed by atoms with Crippen molar-refractivity contribution in [1.82, 2.24) is 29.2 Å². The predicted molar refractivity (Wildman–Crippen MR) is 123 cm³/mol. The maximum Gasteiger partial charge on any atom is 0.354 e. The van der Waals surface area contributed by atoms with Gasteiger partial charge in [0.1, 0.15) is 5.69 Å². The highest BCUT2D eigenvalue weighted by Crippen LogP contribution is 2.30. The quantitative estimate of drug-likeness (QED) is 0.634. The zero-order valence-electron chi connectivity index (χ0n) is 19.2. The van der Waals surface area contributed by atoms with Gasteiger partial charge in [0.05, 0.1) is 17.3 Å². The second kappa shape index (κ2) is 8.92. The monoisotopic (exact) mass is 464 g/mol. The first-order chi connectivity index (χ1) is 16.4. The molecule has 5 rings (SSSR count). The maximum atomic E-state index is 13.1. The predicted octanol–water partition coefficient (Wildman–Crippen LogP) is 2.41. The lowest BCUT2D eigenvalue weighted by Gasteiger charge is -2.32. The highest BCUT2D eigenvalue weighted by molar-refractivity contribution is 6.00. The van der Waals surface area contributed by atoms with E-state index in [1.807, 2.05) is 17.2 Å². The number of hydrogen-bond acceptors (Lipinski definition) is 5. The van der Waals surface area contributed by atoms with E-state index in [0.717, 1.165) is 49.9 Å². The van der Waals surface area contributed by atoms with Crippen molar-refractivity contribution in [1.29, 1.82) is 0 Å². The number of hydrogen-bond donors (Lipinski definition) is 1. The molecule has 0 unspecified atom stereocenters. The van der Waals surface area contributed by atoms with E-state index < -0.39 is 5.97 Å². The first-order valence-corrected chi connectivity index (χ1v) is 11.8. The molecule has 2 aliphatic rings. The van der Waals surface area contributed by atoms with Gasteiger partial charge in [-0.25, -0.2) is 9.31 Å². The fraction of sp³-hybridized carbons (Fsp3) is 0.458. The summed E-state index contributed by atoms with van der Waals surface area (Å²) in [5.74, 6) is -1.05. The highest BCUT2D eigenvalue weighted by atomic mass is 16.4. The molecule has 0 saturated carbocycles. The van der Waals surface area contributed by atoms with Crippen molar-refractivity contribution in [2.75, 3.05) is 26.2 Å². The van der Waals surface area contributed by atoms with Gasteiger partial charge >= 0.3 is 5.97 Å². The first-order valence-electron chi connectivity index (χ1n) is 11.8. The summed E-state index contributed by atoms with van der Waals surface area (Å²) in [5.41, 5.74) is 2.74. The summed E-state index contributed by atoms with van der Waals surface area (Å²) in [7, 11) is 1.52. The lowest BCUT2D eigenvalue weighted by atomic mass is 9.89. The Bertz CT molecular complexity index is 1250. The van der Waals surface area contributed by atoms with Crippen LogP contribution in [0.4, 0.5) is 0 Å². The van der Waals surface area contributed by atoms with Crippen LogP contribution in [0.3, 0.4) is 0 Å². The molecule has 1 N–H and O–H groups in total. The van der Waals surface area contributed by atoms with Crippen LogP contribution < -0.4 is 0 Å². The second-order valence-corrected chi connectivity index (χ2v) is 9.11.